The van der Waals surface area contributed by atoms with Crippen molar-refractivity contribution in [1.29, 1.82) is 0 Å². The average molecular weight is 588 g/mol. The number of hydrogen-bond donors (Lipinski definition) is 0. The predicted molar refractivity (Wildman–Crippen MR) is 190 cm³/mol. The molecule has 1 aromatic heterocycles. The number of rotatable bonds is 4. The van der Waals surface area contributed by atoms with Crippen molar-refractivity contribution >= 4 is 43.3 Å². The van der Waals surface area contributed by atoms with Gasteiger partial charge >= 0.3 is 0 Å². The van der Waals surface area contributed by atoms with Crippen LogP contribution in [0.15, 0.2) is 174 Å². The molecule has 0 aliphatic heterocycles. The van der Waals surface area contributed by atoms with E-state index >= 15 is 0 Å². The molecule has 1 nitrogen and oxygen atoms in total. The molecule has 1 heterocycles. The van der Waals surface area contributed by atoms with Crippen molar-refractivity contribution in [2.45, 2.75) is 0 Å². The highest BCUT2D eigenvalue weighted by Crippen LogP contribution is 2.50. The molecule has 0 saturated heterocycles. The third kappa shape index (κ3) is 4.09. The Hall–Kier alpha value is -5.92. The first-order valence-corrected chi connectivity index (χ1v) is 14.2. The van der Waals surface area contributed by atoms with Crippen molar-refractivity contribution in [2.24, 2.45) is 0 Å². The zero-order valence-electron chi connectivity index (χ0n) is 38.4. The van der Waals surface area contributed by atoms with Crippen LogP contribution in [-0.4, -0.2) is 0 Å². The van der Waals surface area contributed by atoms with Gasteiger partial charge in [0.25, 0.3) is 0 Å². The molecule has 0 fully saturated rings. The van der Waals surface area contributed by atoms with Gasteiger partial charge in [-0.1, -0.05) is 163 Å². The highest BCUT2D eigenvalue weighted by Gasteiger charge is 2.25. The van der Waals surface area contributed by atoms with Gasteiger partial charge in [-0.15, -0.1) is 0 Å². The molecule has 0 atom stereocenters. The maximum absolute atomic E-state index is 9.56. The summed E-state index contributed by atoms with van der Waals surface area (Å²) in [5, 5.41) is -0.854. The fourth-order valence-corrected chi connectivity index (χ4v) is 6.05. The van der Waals surface area contributed by atoms with E-state index in [4.69, 9.17) is 16.8 Å². The summed E-state index contributed by atoms with van der Waals surface area (Å²) in [7, 11) is 0. The molecular formula is C44H28O. The molecule has 0 aliphatic rings. The van der Waals surface area contributed by atoms with Crippen LogP contribution in [0.2, 0.25) is 0 Å². The van der Waals surface area contributed by atoms with E-state index in [0.29, 0.717) is 16.7 Å². The van der Waals surface area contributed by atoms with Gasteiger partial charge in [0, 0.05) is 27.6 Å². The number of furan rings is 1. The summed E-state index contributed by atoms with van der Waals surface area (Å²) >= 11 is 0. The molecule has 9 aromatic rings. The van der Waals surface area contributed by atoms with Crippen LogP contribution in [0.25, 0.3) is 88.0 Å². The molecule has 8 aromatic carbocycles. The quantitative estimate of drug-likeness (QED) is 0.187. The number of para-hydroxylation sites is 1. The fraction of sp³-hybridized carbons (Fsp3) is 0. The lowest BCUT2D eigenvalue weighted by molar-refractivity contribution is 0.633. The van der Waals surface area contributed by atoms with E-state index < -0.39 is 90.6 Å². The molecule has 0 spiro atoms. The maximum atomic E-state index is 9.56. The summed E-state index contributed by atoms with van der Waals surface area (Å²) in [5.41, 5.74) is 1.39. The summed E-state index contributed by atoms with van der Waals surface area (Å²) in [6, 6.07) is 13.7. The lowest BCUT2D eigenvalue weighted by Gasteiger charge is -2.18. The molecule has 1 heteroatoms. The number of hydrogen-bond acceptors (Lipinski definition) is 1. The Morgan fingerprint density at radius 2 is 0.978 bits per heavy atom. The first-order valence-electron chi connectivity index (χ1n) is 21.7. The van der Waals surface area contributed by atoms with Gasteiger partial charge in [0.15, 0.2) is 0 Å². The van der Waals surface area contributed by atoms with E-state index in [1.807, 2.05) is 30.3 Å². The van der Waals surface area contributed by atoms with Crippen molar-refractivity contribution in [1.82, 2.24) is 0 Å². The molecule has 0 N–H and O–H groups in total. The Morgan fingerprint density at radius 3 is 1.64 bits per heavy atom. The number of benzene rings is 8. The maximum Gasteiger partial charge on any atom is 0.143 e. The van der Waals surface area contributed by atoms with E-state index in [0.717, 1.165) is 0 Å². The lowest BCUT2D eigenvalue weighted by atomic mass is 9.84. The van der Waals surface area contributed by atoms with Gasteiger partial charge in [-0.2, -0.15) is 0 Å². The third-order valence-corrected chi connectivity index (χ3v) is 7.96. The summed E-state index contributed by atoms with van der Waals surface area (Å²) in [5.74, 6) is -0.291. The van der Waals surface area contributed by atoms with E-state index in [1.54, 1.807) is 48.5 Å². The second kappa shape index (κ2) is 10.4. The standard InChI is InChI=1S/C44H28O/c1-3-15-30(16-4-1)34-24-13-25-39-42(43(45-44(34)39)33-27-26-29-14-7-8-19-32(29)28-33)41-37-22-11-9-20-35(37)40(31-17-5-2-6-18-31)36-21-10-12-23-38(36)41/h1-28H/i7D,8D,9D,10D,11D,12D,14D,19D,20D,21D,22D,23D,26D,27D,28D. The monoisotopic (exact) mass is 587 g/mol. The van der Waals surface area contributed by atoms with E-state index in [1.165, 1.54) is 0 Å². The Balaban J connectivity index is 1.63. The van der Waals surface area contributed by atoms with Crippen LogP contribution in [-0.2, 0) is 0 Å². The van der Waals surface area contributed by atoms with Crippen molar-refractivity contribution in [3.05, 3.63) is 169 Å². The van der Waals surface area contributed by atoms with Crippen molar-refractivity contribution < 1.29 is 25.0 Å². The topological polar surface area (TPSA) is 13.1 Å². The van der Waals surface area contributed by atoms with E-state index in [2.05, 4.69) is 0 Å². The Morgan fingerprint density at radius 1 is 0.400 bits per heavy atom. The smallest absolute Gasteiger partial charge is 0.143 e. The number of fused-ring (bicyclic) bond motifs is 4. The average Bonchev–Trinajstić information content (AvgIpc) is 3.64. The summed E-state index contributed by atoms with van der Waals surface area (Å²) in [6.07, 6.45) is 0. The van der Waals surface area contributed by atoms with Crippen LogP contribution >= 0.6 is 0 Å². The first kappa shape index (κ1) is 14.7. The highest BCUT2D eigenvalue weighted by molar-refractivity contribution is 6.25. The molecule has 0 saturated carbocycles. The van der Waals surface area contributed by atoms with E-state index in [-0.39, 0.29) is 71.3 Å². The SMILES string of the molecule is [2H]c1c([2H])c([2H])c2c([2H])c(-c3oc4c(-c5ccccc5)cccc4c3-c3c4c([2H])c([2H])c([2H])c([2H])c4c(-c4ccccc4)c4c([2H])c([2H])c([2H])c([2H])c34)c([2H])c([2H])c2c1[2H]. The minimum absolute atomic E-state index is 0.0194. The van der Waals surface area contributed by atoms with Crippen molar-refractivity contribution in [2.75, 3.05) is 0 Å². The van der Waals surface area contributed by atoms with Crippen molar-refractivity contribution in [3.63, 3.8) is 0 Å². The van der Waals surface area contributed by atoms with Crippen molar-refractivity contribution in [3.8, 4) is 44.7 Å². The van der Waals surface area contributed by atoms with Crippen LogP contribution in [0, 0.1) is 0 Å². The minimum Gasteiger partial charge on any atom is -0.455 e. The van der Waals surface area contributed by atoms with Gasteiger partial charge in [0.2, 0.25) is 0 Å². The predicted octanol–water partition coefficient (Wildman–Crippen LogP) is 12.6. The lowest BCUT2D eigenvalue weighted by Crippen LogP contribution is -1.91. The van der Waals surface area contributed by atoms with Crippen LogP contribution in [0.3, 0.4) is 0 Å². The van der Waals surface area contributed by atoms with Gasteiger partial charge in [0.05, 0.1) is 20.6 Å². The molecular weight excluding hydrogens is 544 g/mol. The molecule has 210 valence electrons. The summed E-state index contributed by atoms with van der Waals surface area (Å²) < 4.78 is 142. The summed E-state index contributed by atoms with van der Waals surface area (Å²) in [4.78, 5) is 0. The van der Waals surface area contributed by atoms with Gasteiger partial charge in [-0.25, -0.2) is 0 Å². The van der Waals surface area contributed by atoms with Crippen LogP contribution in [0.5, 0.6) is 0 Å². The van der Waals surface area contributed by atoms with E-state index in [9.17, 15) is 8.22 Å². The van der Waals surface area contributed by atoms with Crippen LogP contribution in [0.4, 0.5) is 0 Å². The zero-order valence-corrected chi connectivity index (χ0v) is 23.4. The van der Waals surface area contributed by atoms with Gasteiger partial charge < -0.3 is 4.42 Å². The molecule has 9 rings (SSSR count). The molecule has 0 bridgehead atoms. The molecule has 0 unspecified atom stereocenters. The second-order valence-corrected chi connectivity index (χ2v) is 10.5. The van der Waals surface area contributed by atoms with Crippen LogP contribution in [0.1, 0.15) is 20.6 Å². The highest BCUT2D eigenvalue weighted by atomic mass is 16.3. The zero-order chi connectivity index (χ0) is 42.8. The Bertz CT molecular complexity index is 3280. The van der Waals surface area contributed by atoms with Crippen LogP contribution < -0.4 is 0 Å². The largest absolute Gasteiger partial charge is 0.455 e. The molecule has 0 amide bonds. The fourth-order valence-electron chi connectivity index (χ4n) is 6.05. The molecule has 45 heavy (non-hydrogen) atoms. The first-order chi connectivity index (χ1) is 28.6. The second-order valence-electron chi connectivity index (χ2n) is 10.5. The third-order valence-electron chi connectivity index (χ3n) is 7.96. The summed E-state index contributed by atoms with van der Waals surface area (Å²) in [6.45, 7) is 0. The normalized spacial score (nSPS) is 16.2. The van der Waals surface area contributed by atoms with Gasteiger partial charge in [-0.05, 0) is 55.1 Å². The molecule has 0 radical (unpaired) electrons. The molecule has 0 aliphatic carbocycles. The van der Waals surface area contributed by atoms with Gasteiger partial charge in [-0.3, -0.25) is 0 Å². The minimum atomic E-state index is -0.666. The van der Waals surface area contributed by atoms with Gasteiger partial charge in [0.1, 0.15) is 11.3 Å². The Kier molecular flexibility index (Phi) is 3.39. The Labute approximate surface area is 282 Å².